The molecule has 0 saturated heterocycles. The van der Waals surface area contributed by atoms with Crippen LogP contribution < -0.4 is 9.80 Å². The lowest BCUT2D eigenvalue weighted by molar-refractivity contribution is 1.13. The van der Waals surface area contributed by atoms with Gasteiger partial charge in [-0.15, -0.1) is 10.2 Å². The molecule has 218 valence electrons. The Balaban J connectivity index is 1.49. The van der Waals surface area contributed by atoms with Crippen molar-refractivity contribution in [3.05, 3.63) is 120 Å². The summed E-state index contributed by atoms with van der Waals surface area (Å²) in [5.74, 6) is 0. The van der Waals surface area contributed by atoms with Gasteiger partial charge in [-0.05, 0) is 108 Å². The van der Waals surface area contributed by atoms with Gasteiger partial charge in [-0.2, -0.15) is 10.2 Å². The average Bonchev–Trinajstić information content (AvgIpc) is 3.04. The van der Waals surface area contributed by atoms with Crippen molar-refractivity contribution in [1.29, 1.82) is 0 Å². The number of benzene rings is 6. The van der Waals surface area contributed by atoms with Crippen LogP contribution in [0.1, 0.15) is 11.1 Å². The van der Waals surface area contributed by atoms with E-state index in [1.165, 1.54) is 0 Å². The van der Waals surface area contributed by atoms with Gasteiger partial charge in [0.15, 0.2) is 0 Å². The predicted octanol–water partition coefficient (Wildman–Crippen LogP) is 11.2. The number of azo groups is 2. The molecular formula is C38H36N6. The van der Waals surface area contributed by atoms with Crippen molar-refractivity contribution in [3.8, 4) is 11.1 Å². The van der Waals surface area contributed by atoms with Crippen molar-refractivity contribution in [3.63, 3.8) is 0 Å². The number of nitrogens with zero attached hydrogens (tertiary/aromatic N) is 6. The smallest absolute Gasteiger partial charge is 0.0970 e. The molecule has 0 unspecified atom stereocenters. The molecule has 6 aromatic carbocycles. The highest BCUT2D eigenvalue weighted by molar-refractivity contribution is 6.03. The number of anilines is 2. The van der Waals surface area contributed by atoms with E-state index in [2.05, 4.69) is 119 Å². The van der Waals surface area contributed by atoms with Crippen molar-refractivity contribution in [2.75, 3.05) is 38.0 Å². The van der Waals surface area contributed by atoms with Gasteiger partial charge in [0, 0.05) is 50.3 Å². The molecule has 0 aromatic heterocycles. The van der Waals surface area contributed by atoms with Crippen LogP contribution in [0.4, 0.5) is 34.1 Å². The lowest BCUT2D eigenvalue weighted by Crippen LogP contribution is -2.07. The zero-order valence-electron chi connectivity index (χ0n) is 26.1. The molecule has 0 aliphatic rings. The highest BCUT2D eigenvalue weighted by atomic mass is 15.1. The quantitative estimate of drug-likeness (QED) is 0.177. The third kappa shape index (κ3) is 5.66. The Morgan fingerprint density at radius 1 is 0.432 bits per heavy atom. The molecule has 0 saturated carbocycles. The van der Waals surface area contributed by atoms with Gasteiger partial charge in [0.05, 0.1) is 22.7 Å². The molecular weight excluding hydrogens is 540 g/mol. The molecule has 0 atom stereocenters. The molecule has 6 rings (SSSR count). The first-order valence-electron chi connectivity index (χ1n) is 14.7. The molecule has 0 spiro atoms. The van der Waals surface area contributed by atoms with Gasteiger partial charge < -0.3 is 9.80 Å². The SMILES string of the molecule is Cc1c(-c2cc3ccccc3c(N=Nc3ccc(N(C)C)cc3)c2C)cc2ccccc2c1N=Nc1ccc(N(C)C)cc1. The van der Waals surface area contributed by atoms with Crippen LogP contribution in [0.5, 0.6) is 0 Å². The van der Waals surface area contributed by atoms with E-state index in [-0.39, 0.29) is 0 Å². The Morgan fingerprint density at radius 2 is 0.795 bits per heavy atom. The molecule has 0 aliphatic heterocycles. The van der Waals surface area contributed by atoms with Crippen molar-refractivity contribution in [1.82, 2.24) is 0 Å². The van der Waals surface area contributed by atoms with Gasteiger partial charge in [-0.3, -0.25) is 0 Å². The van der Waals surface area contributed by atoms with Gasteiger partial charge in [0.25, 0.3) is 0 Å². The minimum absolute atomic E-state index is 0.813. The van der Waals surface area contributed by atoms with E-state index >= 15 is 0 Å². The lowest BCUT2D eigenvalue weighted by Gasteiger charge is -2.17. The summed E-state index contributed by atoms with van der Waals surface area (Å²) in [5, 5.41) is 23.4. The summed E-state index contributed by atoms with van der Waals surface area (Å²) in [6.07, 6.45) is 0. The molecule has 6 heteroatoms. The Kier molecular flexibility index (Phi) is 7.90. The monoisotopic (exact) mass is 576 g/mol. The highest BCUT2D eigenvalue weighted by Gasteiger charge is 2.17. The van der Waals surface area contributed by atoms with Crippen LogP contribution >= 0.6 is 0 Å². The first-order valence-corrected chi connectivity index (χ1v) is 14.7. The molecule has 0 radical (unpaired) electrons. The fourth-order valence-electron chi connectivity index (χ4n) is 5.53. The molecule has 0 amide bonds. The molecule has 6 aromatic rings. The van der Waals surface area contributed by atoms with E-state index in [9.17, 15) is 0 Å². The minimum Gasteiger partial charge on any atom is -0.378 e. The molecule has 0 aliphatic carbocycles. The second kappa shape index (κ2) is 12.1. The van der Waals surface area contributed by atoms with Crippen molar-refractivity contribution in [2.45, 2.75) is 13.8 Å². The third-order valence-electron chi connectivity index (χ3n) is 8.10. The van der Waals surface area contributed by atoms with E-state index in [4.69, 9.17) is 10.2 Å². The Hall–Kier alpha value is -5.36. The summed E-state index contributed by atoms with van der Waals surface area (Å²) >= 11 is 0. The van der Waals surface area contributed by atoms with Gasteiger partial charge >= 0.3 is 0 Å². The van der Waals surface area contributed by atoms with Gasteiger partial charge in [-0.1, -0.05) is 48.5 Å². The van der Waals surface area contributed by atoms with E-state index in [1.807, 2.05) is 52.5 Å². The molecule has 0 bridgehead atoms. The predicted molar refractivity (Wildman–Crippen MR) is 186 cm³/mol. The second-order valence-corrected chi connectivity index (χ2v) is 11.5. The average molecular weight is 577 g/mol. The Labute approximate surface area is 259 Å². The maximum atomic E-state index is 4.84. The summed E-state index contributed by atoms with van der Waals surface area (Å²) < 4.78 is 0. The van der Waals surface area contributed by atoms with Gasteiger partial charge in [-0.25, -0.2) is 0 Å². The van der Waals surface area contributed by atoms with E-state index in [1.54, 1.807) is 0 Å². The number of hydrogen-bond donors (Lipinski definition) is 0. The highest BCUT2D eigenvalue weighted by Crippen LogP contribution is 2.43. The zero-order valence-corrected chi connectivity index (χ0v) is 26.1. The van der Waals surface area contributed by atoms with Crippen LogP contribution in [0, 0.1) is 13.8 Å². The third-order valence-corrected chi connectivity index (χ3v) is 8.10. The zero-order chi connectivity index (χ0) is 30.8. The van der Waals surface area contributed by atoms with Gasteiger partial charge in [0.2, 0.25) is 0 Å². The molecule has 0 fully saturated rings. The van der Waals surface area contributed by atoms with E-state index in [0.29, 0.717) is 0 Å². The van der Waals surface area contributed by atoms with Crippen molar-refractivity contribution >= 4 is 55.7 Å². The normalized spacial score (nSPS) is 11.7. The van der Waals surface area contributed by atoms with Crippen LogP contribution in [-0.2, 0) is 0 Å². The number of rotatable bonds is 7. The fraction of sp³-hybridized carbons (Fsp3) is 0.158. The second-order valence-electron chi connectivity index (χ2n) is 11.5. The maximum Gasteiger partial charge on any atom is 0.0970 e. The fourth-order valence-corrected chi connectivity index (χ4v) is 5.53. The van der Waals surface area contributed by atoms with Crippen LogP contribution in [0.25, 0.3) is 32.7 Å². The van der Waals surface area contributed by atoms with Crippen LogP contribution in [-0.4, -0.2) is 28.2 Å². The van der Waals surface area contributed by atoms with Crippen molar-refractivity contribution in [2.24, 2.45) is 20.5 Å². The van der Waals surface area contributed by atoms with Crippen LogP contribution in [0.15, 0.2) is 130 Å². The molecule has 44 heavy (non-hydrogen) atoms. The summed E-state index contributed by atoms with van der Waals surface area (Å²) in [6, 6.07) is 37.5. The number of hydrogen-bond acceptors (Lipinski definition) is 6. The van der Waals surface area contributed by atoms with Gasteiger partial charge in [0.1, 0.15) is 0 Å². The van der Waals surface area contributed by atoms with Crippen LogP contribution in [0.3, 0.4) is 0 Å². The lowest BCUT2D eigenvalue weighted by atomic mass is 9.89. The number of fused-ring (bicyclic) bond motifs is 2. The standard InChI is InChI=1S/C38H36N6/c1-25-35(23-27-11-7-9-13-33(27)37(25)41-39-29-15-19-31(20-16-29)43(3)4)36-24-28-12-8-10-14-34(28)38(26(36)2)42-40-30-17-21-32(22-18-30)44(5)6/h7-24H,1-6H3. The van der Waals surface area contributed by atoms with E-state index < -0.39 is 0 Å². The minimum atomic E-state index is 0.813. The van der Waals surface area contributed by atoms with Crippen LogP contribution in [0.2, 0.25) is 0 Å². The summed E-state index contributed by atoms with van der Waals surface area (Å²) in [4.78, 5) is 4.14. The van der Waals surface area contributed by atoms with E-state index in [0.717, 1.165) is 77.9 Å². The molecule has 6 nitrogen and oxygen atoms in total. The first kappa shape index (κ1) is 28.7. The Bertz CT molecular complexity index is 1870. The largest absolute Gasteiger partial charge is 0.378 e. The molecule has 0 N–H and O–H groups in total. The summed E-state index contributed by atoms with van der Waals surface area (Å²) in [7, 11) is 8.12. The summed E-state index contributed by atoms with van der Waals surface area (Å²) in [6.45, 7) is 4.26. The summed E-state index contributed by atoms with van der Waals surface area (Å²) in [5.41, 5.74) is 9.95. The first-order chi connectivity index (χ1) is 21.3. The topological polar surface area (TPSA) is 55.9 Å². The Morgan fingerprint density at radius 3 is 1.16 bits per heavy atom. The molecule has 0 heterocycles. The van der Waals surface area contributed by atoms with Crippen molar-refractivity contribution < 1.29 is 0 Å². The maximum absolute atomic E-state index is 4.84.